The van der Waals surface area contributed by atoms with Crippen LogP contribution in [-0.2, 0) is 16.1 Å². The van der Waals surface area contributed by atoms with Gasteiger partial charge in [0.05, 0.1) is 25.9 Å². The highest BCUT2D eigenvalue weighted by Gasteiger charge is 2.43. The Labute approximate surface area is 167 Å². The van der Waals surface area contributed by atoms with Crippen LogP contribution in [0.2, 0.25) is 0 Å². The van der Waals surface area contributed by atoms with Crippen molar-refractivity contribution in [1.82, 2.24) is 10.6 Å². The van der Waals surface area contributed by atoms with Crippen LogP contribution in [0, 0.1) is 0 Å². The predicted molar refractivity (Wildman–Crippen MR) is 101 cm³/mol. The molecule has 4 unspecified atom stereocenters. The van der Waals surface area contributed by atoms with Gasteiger partial charge in [-0.05, 0) is 29.8 Å². The number of rotatable bonds is 8. The van der Waals surface area contributed by atoms with Gasteiger partial charge in [-0.15, -0.1) is 0 Å². The monoisotopic (exact) mass is 404 g/mol. The van der Waals surface area contributed by atoms with E-state index in [9.17, 15) is 19.8 Å². The third-order valence-electron chi connectivity index (χ3n) is 4.71. The molecule has 0 bridgehead atoms. The van der Waals surface area contributed by atoms with Crippen molar-refractivity contribution in [1.29, 1.82) is 0 Å². The fourth-order valence-corrected chi connectivity index (χ4v) is 3.05. The van der Waals surface area contributed by atoms with Gasteiger partial charge >= 0.3 is 0 Å². The predicted octanol–water partition coefficient (Wildman–Crippen LogP) is 0.214. The molecule has 2 amide bonds. The molecule has 0 spiro atoms. The molecule has 1 aliphatic heterocycles. The number of aliphatic hydroxyl groups excluding tert-OH is 2. The maximum Gasteiger partial charge on any atom is 0.287 e. The van der Waals surface area contributed by atoms with E-state index in [1.807, 2.05) is 12.1 Å². The van der Waals surface area contributed by atoms with Gasteiger partial charge in [0.15, 0.2) is 5.76 Å². The lowest BCUT2D eigenvalue weighted by Crippen LogP contribution is -2.40. The van der Waals surface area contributed by atoms with Crippen LogP contribution in [0.15, 0.2) is 47.1 Å². The van der Waals surface area contributed by atoms with Crippen molar-refractivity contribution in [3.63, 3.8) is 0 Å². The van der Waals surface area contributed by atoms with E-state index >= 15 is 0 Å². The molecule has 2 aromatic rings. The summed E-state index contributed by atoms with van der Waals surface area (Å²) in [6, 6.07) is 10.3. The molecule has 1 aromatic carbocycles. The number of hydrogen-bond donors (Lipinski definition) is 4. The van der Waals surface area contributed by atoms with E-state index in [2.05, 4.69) is 10.6 Å². The maximum absolute atomic E-state index is 12.2. The van der Waals surface area contributed by atoms with Gasteiger partial charge in [-0.2, -0.15) is 0 Å². The first-order valence-corrected chi connectivity index (χ1v) is 9.21. The van der Waals surface area contributed by atoms with Crippen LogP contribution in [0.25, 0.3) is 0 Å². The van der Waals surface area contributed by atoms with Gasteiger partial charge in [0.25, 0.3) is 5.91 Å². The fourth-order valence-electron chi connectivity index (χ4n) is 3.05. The van der Waals surface area contributed by atoms with Gasteiger partial charge in [-0.3, -0.25) is 9.59 Å². The third-order valence-corrected chi connectivity index (χ3v) is 4.71. The van der Waals surface area contributed by atoms with Crippen LogP contribution in [-0.4, -0.2) is 60.1 Å². The molecule has 1 aromatic heterocycles. The Morgan fingerprint density at radius 1 is 1.07 bits per heavy atom. The van der Waals surface area contributed by atoms with E-state index in [0.717, 1.165) is 11.3 Å². The summed E-state index contributed by atoms with van der Waals surface area (Å²) < 4.78 is 15.7. The van der Waals surface area contributed by atoms with E-state index < -0.39 is 30.3 Å². The summed E-state index contributed by atoms with van der Waals surface area (Å²) in [6.07, 6.45) is -2.88. The van der Waals surface area contributed by atoms with Crippen LogP contribution in [0.5, 0.6) is 5.75 Å². The first kappa shape index (κ1) is 20.8. The quantitative estimate of drug-likeness (QED) is 0.495. The van der Waals surface area contributed by atoms with Crippen molar-refractivity contribution < 1.29 is 33.7 Å². The molecule has 0 saturated carbocycles. The fraction of sp³-hybridized carbons (Fsp3) is 0.400. The lowest BCUT2D eigenvalue weighted by Gasteiger charge is -2.15. The summed E-state index contributed by atoms with van der Waals surface area (Å²) in [5.41, 5.74) is 0.894. The van der Waals surface area contributed by atoms with Crippen molar-refractivity contribution in [2.45, 2.75) is 37.4 Å². The minimum absolute atomic E-state index is 0.0261. The van der Waals surface area contributed by atoms with Crippen molar-refractivity contribution in [2.24, 2.45) is 0 Å². The van der Waals surface area contributed by atoms with E-state index in [4.69, 9.17) is 13.9 Å². The molecular formula is C20H24N2O7. The van der Waals surface area contributed by atoms with Crippen molar-refractivity contribution in [2.75, 3.05) is 13.7 Å². The Kier molecular flexibility index (Phi) is 6.86. The Morgan fingerprint density at radius 2 is 1.79 bits per heavy atom. The minimum atomic E-state index is -1.23. The molecule has 4 N–H and O–H groups in total. The first-order valence-electron chi connectivity index (χ1n) is 9.21. The number of furan rings is 1. The number of nitrogens with one attached hydrogen (secondary N) is 2. The van der Waals surface area contributed by atoms with Crippen LogP contribution < -0.4 is 15.4 Å². The normalized spacial score (nSPS) is 23.6. The summed E-state index contributed by atoms with van der Waals surface area (Å²) in [7, 11) is 1.58. The second-order valence-corrected chi connectivity index (χ2v) is 6.71. The van der Waals surface area contributed by atoms with Crippen LogP contribution in [0.4, 0.5) is 0 Å². The lowest BCUT2D eigenvalue weighted by molar-refractivity contribution is -0.125. The number of ether oxygens (including phenoxy) is 2. The van der Waals surface area contributed by atoms with Crippen LogP contribution in [0.3, 0.4) is 0 Å². The highest BCUT2D eigenvalue weighted by molar-refractivity contribution is 5.91. The topological polar surface area (TPSA) is 130 Å². The molecule has 2 heterocycles. The first-order chi connectivity index (χ1) is 14.0. The van der Waals surface area contributed by atoms with Gasteiger partial charge in [0, 0.05) is 13.1 Å². The molecular weight excluding hydrogens is 380 g/mol. The Balaban J connectivity index is 1.45. The highest BCUT2D eigenvalue weighted by Crippen LogP contribution is 2.23. The average molecular weight is 404 g/mol. The summed E-state index contributed by atoms with van der Waals surface area (Å²) >= 11 is 0. The van der Waals surface area contributed by atoms with E-state index in [-0.39, 0.29) is 24.6 Å². The van der Waals surface area contributed by atoms with E-state index in [1.165, 1.54) is 12.3 Å². The molecule has 29 heavy (non-hydrogen) atoms. The Morgan fingerprint density at radius 3 is 2.45 bits per heavy atom. The molecule has 9 heteroatoms. The number of carbonyl (C=O) groups is 2. The van der Waals surface area contributed by atoms with Crippen LogP contribution >= 0.6 is 0 Å². The molecule has 1 fully saturated rings. The molecule has 0 radical (unpaired) electrons. The van der Waals surface area contributed by atoms with Gasteiger partial charge in [-0.25, -0.2) is 0 Å². The largest absolute Gasteiger partial charge is 0.497 e. The van der Waals surface area contributed by atoms with Crippen molar-refractivity contribution >= 4 is 11.8 Å². The number of aliphatic hydroxyl groups is 2. The smallest absolute Gasteiger partial charge is 0.287 e. The molecule has 1 saturated heterocycles. The maximum atomic E-state index is 12.2. The van der Waals surface area contributed by atoms with Crippen molar-refractivity contribution in [3.8, 4) is 5.75 Å². The highest BCUT2D eigenvalue weighted by atomic mass is 16.5. The molecule has 3 rings (SSSR count). The number of hydrogen-bond acceptors (Lipinski definition) is 7. The standard InChI is InChI=1S/C20H24N2O7/c1-27-13-6-4-12(5-7-13)10-21-17(23)9-15-18(24)19(25)16(29-15)11-22-20(26)14-3-2-8-28-14/h2-8,15-16,18-19,24-25H,9-11H2,1H3,(H,21,23)(H,22,26). The summed E-state index contributed by atoms with van der Waals surface area (Å²) in [5.74, 6) is 0.0764. The number of amides is 2. The van der Waals surface area contributed by atoms with Gasteiger partial charge in [0.2, 0.25) is 5.91 Å². The van der Waals surface area contributed by atoms with E-state index in [0.29, 0.717) is 6.54 Å². The zero-order valence-corrected chi connectivity index (χ0v) is 15.9. The molecule has 9 nitrogen and oxygen atoms in total. The zero-order valence-electron chi connectivity index (χ0n) is 15.9. The second-order valence-electron chi connectivity index (χ2n) is 6.71. The summed E-state index contributed by atoms with van der Waals surface area (Å²) in [6.45, 7) is 0.290. The van der Waals surface area contributed by atoms with Gasteiger partial charge < -0.3 is 34.7 Å². The Bertz CT molecular complexity index is 807. The van der Waals surface area contributed by atoms with Crippen molar-refractivity contribution in [3.05, 3.63) is 54.0 Å². The van der Waals surface area contributed by atoms with Crippen LogP contribution in [0.1, 0.15) is 22.5 Å². The summed E-state index contributed by atoms with van der Waals surface area (Å²) in [4.78, 5) is 24.1. The van der Waals surface area contributed by atoms with E-state index in [1.54, 1.807) is 25.3 Å². The second kappa shape index (κ2) is 9.55. The summed E-state index contributed by atoms with van der Waals surface area (Å²) in [5, 5.41) is 25.6. The molecule has 1 aliphatic rings. The number of methoxy groups -OCH3 is 1. The molecule has 4 atom stereocenters. The number of carbonyl (C=O) groups excluding carboxylic acids is 2. The molecule has 0 aliphatic carbocycles. The molecule has 156 valence electrons. The van der Waals surface area contributed by atoms with Gasteiger partial charge in [0.1, 0.15) is 24.1 Å². The zero-order chi connectivity index (χ0) is 20.8. The minimum Gasteiger partial charge on any atom is -0.497 e. The average Bonchev–Trinajstić information content (AvgIpc) is 3.36. The van der Waals surface area contributed by atoms with Gasteiger partial charge in [-0.1, -0.05) is 12.1 Å². The number of benzene rings is 1. The lowest BCUT2D eigenvalue weighted by atomic mass is 10.1. The Hall–Kier alpha value is -2.88. The SMILES string of the molecule is COc1ccc(CNC(=O)CC2OC(CNC(=O)c3ccco3)C(O)C2O)cc1. The third kappa shape index (κ3) is 5.35.